The van der Waals surface area contributed by atoms with Gasteiger partial charge in [-0.2, -0.15) is 0 Å². The molecule has 2 heterocycles. The molecule has 1 unspecified atom stereocenters. The van der Waals surface area contributed by atoms with Crippen LogP contribution in [0.3, 0.4) is 0 Å². The van der Waals surface area contributed by atoms with Crippen LogP contribution in [0.1, 0.15) is 31.3 Å². The summed E-state index contributed by atoms with van der Waals surface area (Å²) < 4.78 is 11.5. The van der Waals surface area contributed by atoms with Crippen molar-refractivity contribution in [1.82, 2.24) is 10.2 Å². The van der Waals surface area contributed by atoms with E-state index in [4.69, 9.17) is 9.15 Å². The van der Waals surface area contributed by atoms with Crippen LogP contribution in [0.2, 0.25) is 0 Å². The highest BCUT2D eigenvalue weighted by molar-refractivity contribution is 5.07. The number of nitrogens with zero attached hydrogens (tertiary/aromatic N) is 1. The summed E-state index contributed by atoms with van der Waals surface area (Å²) in [5, 5.41) is 3.10. The summed E-state index contributed by atoms with van der Waals surface area (Å²) >= 11 is 0. The molecule has 0 bridgehead atoms. The van der Waals surface area contributed by atoms with Crippen molar-refractivity contribution in [3.63, 3.8) is 0 Å². The zero-order valence-electron chi connectivity index (χ0n) is 11.4. The van der Waals surface area contributed by atoms with Gasteiger partial charge in [0.2, 0.25) is 0 Å². The number of nitrogens with one attached hydrogen (secondary N) is 1. The summed E-state index contributed by atoms with van der Waals surface area (Å²) in [6, 6.07) is 4.12. The Hall–Kier alpha value is -0.840. The van der Waals surface area contributed by atoms with E-state index in [1.807, 2.05) is 13.1 Å². The molecule has 0 radical (unpaired) electrons. The molecular weight excluding hydrogens is 228 g/mol. The second-order valence-corrected chi connectivity index (χ2v) is 4.86. The summed E-state index contributed by atoms with van der Waals surface area (Å²) in [5.41, 5.74) is 0. The standard InChI is InChI=1S/C14H24N2O2/c1-3-16(10-13-5-4-8-17-13)11-14-7-6-12(18-14)9-15-2/h6-7,13,15H,3-5,8-11H2,1-2H3. The first-order valence-corrected chi connectivity index (χ1v) is 6.88. The van der Waals surface area contributed by atoms with Gasteiger partial charge in [0.1, 0.15) is 11.5 Å². The Morgan fingerprint density at radius 3 is 2.89 bits per heavy atom. The Labute approximate surface area is 109 Å². The van der Waals surface area contributed by atoms with Crippen molar-refractivity contribution >= 4 is 0 Å². The van der Waals surface area contributed by atoms with E-state index >= 15 is 0 Å². The van der Waals surface area contributed by atoms with Gasteiger partial charge in [-0.1, -0.05) is 6.92 Å². The molecule has 0 aliphatic carbocycles. The van der Waals surface area contributed by atoms with Crippen molar-refractivity contribution in [3.05, 3.63) is 23.7 Å². The van der Waals surface area contributed by atoms with Crippen molar-refractivity contribution in [3.8, 4) is 0 Å². The molecule has 2 rings (SSSR count). The molecule has 0 saturated carbocycles. The molecule has 18 heavy (non-hydrogen) atoms. The quantitative estimate of drug-likeness (QED) is 0.805. The number of hydrogen-bond acceptors (Lipinski definition) is 4. The highest BCUT2D eigenvalue weighted by atomic mass is 16.5. The minimum absolute atomic E-state index is 0.414. The van der Waals surface area contributed by atoms with Crippen LogP contribution < -0.4 is 5.32 Å². The van der Waals surface area contributed by atoms with E-state index < -0.39 is 0 Å². The Morgan fingerprint density at radius 1 is 1.39 bits per heavy atom. The molecule has 0 aromatic carbocycles. The fourth-order valence-corrected chi connectivity index (χ4v) is 2.38. The lowest BCUT2D eigenvalue weighted by Gasteiger charge is -2.22. The predicted molar refractivity (Wildman–Crippen MR) is 71.4 cm³/mol. The van der Waals surface area contributed by atoms with Crippen LogP contribution >= 0.6 is 0 Å². The van der Waals surface area contributed by atoms with Crippen molar-refractivity contribution in [2.24, 2.45) is 0 Å². The van der Waals surface area contributed by atoms with E-state index in [-0.39, 0.29) is 0 Å². The summed E-state index contributed by atoms with van der Waals surface area (Å²) in [5.74, 6) is 2.04. The Balaban J connectivity index is 1.83. The first-order chi connectivity index (χ1) is 8.81. The Kier molecular flexibility index (Phi) is 5.23. The monoisotopic (exact) mass is 252 g/mol. The number of ether oxygens (including phenoxy) is 1. The summed E-state index contributed by atoms with van der Waals surface area (Å²) in [7, 11) is 1.93. The van der Waals surface area contributed by atoms with Gasteiger partial charge < -0.3 is 14.5 Å². The molecule has 102 valence electrons. The Morgan fingerprint density at radius 2 is 2.22 bits per heavy atom. The van der Waals surface area contributed by atoms with Gasteiger partial charge in [0.05, 0.1) is 19.2 Å². The third kappa shape index (κ3) is 3.83. The van der Waals surface area contributed by atoms with E-state index in [0.717, 1.165) is 44.3 Å². The summed E-state index contributed by atoms with van der Waals surface area (Å²) in [6.45, 7) is 6.82. The molecule has 1 aromatic rings. The maximum atomic E-state index is 5.78. The molecule has 1 aliphatic heterocycles. The molecule has 4 nitrogen and oxygen atoms in total. The van der Waals surface area contributed by atoms with Gasteiger partial charge >= 0.3 is 0 Å². The van der Waals surface area contributed by atoms with Gasteiger partial charge in [0, 0.05) is 13.2 Å². The van der Waals surface area contributed by atoms with Crippen molar-refractivity contribution in [2.75, 3.05) is 26.7 Å². The van der Waals surface area contributed by atoms with Crippen molar-refractivity contribution < 1.29 is 9.15 Å². The largest absolute Gasteiger partial charge is 0.463 e. The maximum Gasteiger partial charge on any atom is 0.118 e. The Bertz CT molecular complexity index is 345. The van der Waals surface area contributed by atoms with Crippen LogP contribution in [0.5, 0.6) is 0 Å². The van der Waals surface area contributed by atoms with E-state index in [2.05, 4.69) is 23.2 Å². The van der Waals surface area contributed by atoms with Crippen LogP contribution in [0.15, 0.2) is 16.5 Å². The average Bonchev–Trinajstić information content (AvgIpc) is 3.01. The zero-order chi connectivity index (χ0) is 12.8. The zero-order valence-corrected chi connectivity index (χ0v) is 11.4. The van der Waals surface area contributed by atoms with E-state index in [9.17, 15) is 0 Å². The van der Waals surface area contributed by atoms with Crippen LogP contribution in [0, 0.1) is 0 Å². The second kappa shape index (κ2) is 6.92. The number of likely N-dealkylation sites (N-methyl/N-ethyl adjacent to an activating group) is 1. The first-order valence-electron chi connectivity index (χ1n) is 6.88. The fourth-order valence-electron chi connectivity index (χ4n) is 2.38. The minimum atomic E-state index is 0.414. The van der Waals surface area contributed by atoms with Crippen molar-refractivity contribution in [1.29, 1.82) is 0 Å². The normalized spacial score (nSPS) is 19.8. The lowest BCUT2D eigenvalue weighted by atomic mass is 10.2. The number of furan rings is 1. The van der Waals surface area contributed by atoms with E-state index in [1.165, 1.54) is 12.8 Å². The van der Waals surface area contributed by atoms with Crippen LogP contribution in [0.4, 0.5) is 0 Å². The SMILES string of the molecule is CCN(Cc1ccc(CNC)o1)CC1CCCO1. The lowest BCUT2D eigenvalue weighted by Crippen LogP contribution is -2.31. The second-order valence-electron chi connectivity index (χ2n) is 4.86. The van der Waals surface area contributed by atoms with E-state index in [1.54, 1.807) is 0 Å². The fraction of sp³-hybridized carbons (Fsp3) is 0.714. The molecule has 1 saturated heterocycles. The molecular formula is C14H24N2O2. The molecule has 1 atom stereocenters. The highest BCUT2D eigenvalue weighted by Gasteiger charge is 2.19. The third-order valence-electron chi connectivity index (χ3n) is 3.38. The number of rotatable bonds is 7. The van der Waals surface area contributed by atoms with Gasteiger partial charge in [-0.05, 0) is 38.6 Å². The summed E-state index contributed by atoms with van der Waals surface area (Å²) in [4.78, 5) is 2.39. The van der Waals surface area contributed by atoms with Gasteiger partial charge in [-0.25, -0.2) is 0 Å². The van der Waals surface area contributed by atoms with Crippen LogP contribution in [0.25, 0.3) is 0 Å². The molecule has 1 fully saturated rings. The average molecular weight is 252 g/mol. The van der Waals surface area contributed by atoms with Gasteiger partial charge in [-0.3, -0.25) is 4.90 Å². The van der Waals surface area contributed by atoms with Crippen LogP contribution in [-0.2, 0) is 17.8 Å². The predicted octanol–water partition coefficient (Wildman–Crippen LogP) is 2.00. The smallest absolute Gasteiger partial charge is 0.118 e. The minimum Gasteiger partial charge on any atom is -0.463 e. The highest BCUT2D eigenvalue weighted by Crippen LogP contribution is 2.16. The number of hydrogen-bond donors (Lipinski definition) is 1. The van der Waals surface area contributed by atoms with Gasteiger partial charge in [-0.15, -0.1) is 0 Å². The molecule has 1 aliphatic rings. The lowest BCUT2D eigenvalue weighted by molar-refractivity contribution is 0.0701. The topological polar surface area (TPSA) is 37.6 Å². The van der Waals surface area contributed by atoms with Crippen molar-refractivity contribution in [2.45, 2.75) is 39.0 Å². The molecule has 4 heteroatoms. The summed E-state index contributed by atoms with van der Waals surface area (Å²) in [6.07, 6.45) is 2.81. The maximum absolute atomic E-state index is 5.78. The molecule has 0 amide bonds. The first kappa shape index (κ1) is 13.6. The third-order valence-corrected chi connectivity index (χ3v) is 3.38. The van der Waals surface area contributed by atoms with Crippen LogP contribution in [-0.4, -0.2) is 37.7 Å². The van der Waals surface area contributed by atoms with Gasteiger partial charge in [0.15, 0.2) is 0 Å². The molecule has 1 aromatic heterocycles. The van der Waals surface area contributed by atoms with Gasteiger partial charge in [0.25, 0.3) is 0 Å². The molecule has 1 N–H and O–H groups in total. The van der Waals surface area contributed by atoms with E-state index in [0.29, 0.717) is 6.10 Å². The molecule has 0 spiro atoms.